The molecule has 1 heterocycles. The van der Waals surface area contributed by atoms with E-state index in [2.05, 4.69) is 17.6 Å². The molecule has 4 bridgehead atoms. The Morgan fingerprint density at radius 1 is 1.12 bits per heavy atom. The van der Waals surface area contributed by atoms with Crippen LogP contribution in [0.25, 0.3) is 0 Å². The Bertz CT molecular complexity index is 595. The van der Waals surface area contributed by atoms with Crippen molar-refractivity contribution in [1.82, 2.24) is 15.5 Å². The quantitative estimate of drug-likeness (QED) is 0.738. The fourth-order valence-corrected chi connectivity index (χ4v) is 6.43. The molecule has 5 aliphatic rings. The number of amides is 4. The van der Waals surface area contributed by atoms with E-state index in [9.17, 15) is 14.4 Å². The van der Waals surface area contributed by atoms with Gasteiger partial charge in [0.15, 0.2) is 0 Å². The van der Waals surface area contributed by atoms with Gasteiger partial charge >= 0.3 is 6.03 Å². The van der Waals surface area contributed by atoms with Gasteiger partial charge < -0.3 is 10.6 Å². The zero-order chi connectivity index (χ0) is 18.6. The average molecular weight is 361 g/mol. The van der Waals surface area contributed by atoms with E-state index in [-0.39, 0.29) is 35.7 Å². The van der Waals surface area contributed by atoms with E-state index in [4.69, 9.17) is 0 Å². The molecular weight excluding hydrogens is 330 g/mol. The molecule has 144 valence electrons. The standard InChI is InChI=1S/C20H31N3O3/c1-11(2)17-18(25)23(19(26)22-17)10-16(24)21-12(3)20-7-13-4-14(8-20)6-15(5-13)9-20/h11-15,17H,4-10H2,1-3H3,(H,21,24)(H,22,26)/t12-,13?,14?,15?,17+,20?/m1/s1. The van der Waals surface area contributed by atoms with Gasteiger partial charge in [-0.1, -0.05) is 13.8 Å². The number of imide groups is 1. The summed E-state index contributed by atoms with van der Waals surface area (Å²) in [4.78, 5) is 38.1. The summed E-state index contributed by atoms with van der Waals surface area (Å²) in [5, 5.41) is 5.81. The highest BCUT2D eigenvalue weighted by Gasteiger charge is 2.53. The summed E-state index contributed by atoms with van der Waals surface area (Å²) < 4.78 is 0. The normalized spacial score (nSPS) is 39.5. The molecular formula is C20H31N3O3. The van der Waals surface area contributed by atoms with Crippen molar-refractivity contribution < 1.29 is 14.4 Å². The maximum Gasteiger partial charge on any atom is 0.325 e. The van der Waals surface area contributed by atoms with Gasteiger partial charge in [-0.15, -0.1) is 0 Å². The van der Waals surface area contributed by atoms with E-state index in [1.807, 2.05) is 13.8 Å². The van der Waals surface area contributed by atoms with E-state index in [1.54, 1.807) is 0 Å². The van der Waals surface area contributed by atoms with Gasteiger partial charge in [0.05, 0.1) is 0 Å². The number of hydrogen-bond acceptors (Lipinski definition) is 3. The van der Waals surface area contributed by atoms with Crippen LogP contribution in [0, 0.1) is 29.1 Å². The minimum Gasteiger partial charge on any atom is -0.352 e. The van der Waals surface area contributed by atoms with E-state index in [1.165, 1.54) is 38.5 Å². The van der Waals surface area contributed by atoms with Gasteiger partial charge in [-0.3, -0.25) is 14.5 Å². The highest BCUT2D eigenvalue weighted by atomic mass is 16.2. The summed E-state index contributed by atoms with van der Waals surface area (Å²) in [5.74, 6) is 2.00. The summed E-state index contributed by atoms with van der Waals surface area (Å²) in [6.45, 7) is 5.72. The molecule has 6 heteroatoms. The summed E-state index contributed by atoms with van der Waals surface area (Å²) in [5.41, 5.74) is 0.224. The number of nitrogens with zero attached hydrogens (tertiary/aromatic N) is 1. The fourth-order valence-electron chi connectivity index (χ4n) is 6.43. The fraction of sp³-hybridized carbons (Fsp3) is 0.850. The molecule has 4 aliphatic carbocycles. The number of rotatable bonds is 5. The zero-order valence-electron chi connectivity index (χ0n) is 16.1. The van der Waals surface area contributed by atoms with Crippen LogP contribution < -0.4 is 10.6 Å². The predicted octanol–water partition coefficient (Wildman–Crippen LogP) is 2.28. The lowest BCUT2D eigenvalue weighted by molar-refractivity contribution is -0.134. The molecule has 0 aromatic heterocycles. The first-order valence-corrected chi connectivity index (χ1v) is 10.2. The molecule has 5 fully saturated rings. The van der Waals surface area contributed by atoms with Gasteiger partial charge in [0.1, 0.15) is 12.6 Å². The van der Waals surface area contributed by atoms with Gasteiger partial charge in [-0.2, -0.15) is 0 Å². The third kappa shape index (κ3) is 2.91. The van der Waals surface area contributed by atoms with E-state index < -0.39 is 12.1 Å². The lowest BCUT2D eigenvalue weighted by Crippen LogP contribution is -2.57. The number of carbonyl (C=O) groups excluding carboxylic acids is 3. The SMILES string of the molecule is CC(C)[C@@H]1NC(=O)N(CC(=O)N[C@H](C)C23CC4CC(CC(C4)C2)C3)C1=O. The maximum atomic E-state index is 12.6. The highest BCUT2D eigenvalue weighted by molar-refractivity contribution is 6.06. The second kappa shape index (κ2) is 6.24. The van der Waals surface area contributed by atoms with Crippen molar-refractivity contribution >= 4 is 17.8 Å². The predicted molar refractivity (Wildman–Crippen MR) is 97.1 cm³/mol. The maximum absolute atomic E-state index is 12.6. The molecule has 0 unspecified atom stereocenters. The second-order valence-corrected chi connectivity index (χ2v) is 9.66. The van der Waals surface area contributed by atoms with Crippen LogP contribution in [0.5, 0.6) is 0 Å². The molecule has 0 aromatic carbocycles. The van der Waals surface area contributed by atoms with Crippen LogP contribution in [0.3, 0.4) is 0 Å². The summed E-state index contributed by atoms with van der Waals surface area (Å²) in [7, 11) is 0. The van der Waals surface area contributed by atoms with Crippen molar-refractivity contribution in [3.05, 3.63) is 0 Å². The van der Waals surface area contributed by atoms with E-state index in [0.29, 0.717) is 0 Å². The molecule has 0 spiro atoms. The van der Waals surface area contributed by atoms with Crippen LogP contribution in [0.4, 0.5) is 4.79 Å². The second-order valence-electron chi connectivity index (χ2n) is 9.66. The number of carbonyl (C=O) groups is 3. The van der Waals surface area contributed by atoms with Crippen molar-refractivity contribution in [3.63, 3.8) is 0 Å². The first-order chi connectivity index (χ1) is 12.3. The molecule has 4 saturated carbocycles. The van der Waals surface area contributed by atoms with Gasteiger partial charge in [-0.05, 0) is 74.5 Å². The van der Waals surface area contributed by atoms with Crippen LogP contribution in [0.2, 0.25) is 0 Å². The van der Waals surface area contributed by atoms with E-state index >= 15 is 0 Å². The van der Waals surface area contributed by atoms with Gasteiger partial charge in [0.2, 0.25) is 5.91 Å². The lowest BCUT2D eigenvalue weighted by Gasteiger charge is -2.59. The van der Waals surface area contributed by atoms with Crippen molar-refractivity contribution in [2.24, 2.45) is 29.1 Å². The summed E-state index contributed by atoms with van der Waals surface area (Å²) in [6.07, 6.45) is 7.79. The summed E-state index contributed by atoms with van der Waals surface area (Å²) >= 11 is 0. The molecule has 1 saturated heterocycles. The van der Waals surface area contributed by atoms with Gasteiger partial charge in [0, 0.05) is 6.04 Å². The van der Waals surface area contributed by atoms with Crippen LogP contribution in [-0.4, -0.2) is 41.4 Å². The molecule has 2 N–H and O–H groups in total. The first-order valence-electron chi connectivity index (χ1n) is 10.2. The van der Waals surface area contributed by atoms with Crippen molar-refractivity contribution in [3.8, 4) is 0 Å². The Hall–Kier alpha value is -1.59. The third-order valence-electron chi connectivity index (χ3n) is 7.41. The Kier molecular flexibility index (Phi) is 4.27. The molecule has 1 aliphatic heterocycles. The van der Waals surface area contributed by atoms with Crippen molar-refractivity contribution in [2.75, 3.05) is 6.54 Å². The van der Waals surface area contributed by atoms with Crippen LogP contribution in [-0.2, 0) is 9.59 Å². The topological polar surface area (TPSA) is 78.5 Å². The third-order valence-corrected chi connectivity index (χ3v) is 7.41. The number of hydrogen-bond donors (Lipinski definition) is 2. The minimum atomic E-state index is -0.518. The molecule has 0 radical (unpaired) electrons. The van der Waals surface area contributed by atoms with Crippen molar-refractivity contribution in [2.45, 2.75) is 71.4 Å². The number of nitrogens with one attached hydrogen (secondary N) is 2. The highest BCUT2D eigenvalue weighted by Crippen LogP contribution is 2.61. The van der Waals surface area contributed by atoms with Crippen LogP contribution in [0.15, 0.2) is 0 Å². The molecule has 2 atom stereocenters. The molecule has 4 amide bonds. The Balaban J connectivity index is 1.38. The largest absolute Gasteiger partial charge is 0.352 e. The molecule has 6 nitrogen and oxygen atoms in total. The lowest BCUT2D eigenvalue weighted by atomic mass is 9.48. The summed E-state index contributed by atoms with van der Waals surface area (Å²) in [6, 6.07) is -0.868. The monoisotopic (exact) mass is 361 g/mol. The first kappa shape index (κ1) is 17.8. The zero-order valence-corrected chi connectivity index (χ0v) is 16.1. The Labute approximate surface area is 155 Å². The van der Waals surface area contributed by atoms with Crippen LogP contribution in [0.1, 0.15) is 59.3 Å². The average Bonchev–Trinajstić information content (AvgIpc) is 2.82. The number of urea groups is 1. The minimum absolute atomic E-state index is 0.0189. The van der Waals surface area contributed by atoms with Gasteiger partial charge in [0.25, 0.3) is 5.91 Å². The Morgan fingerprint density at radius 3 is 2.12 bits per heavy atom. The van der Waals surface area contributed by atoms with Crippen LogP contribution >= 0.6 is 0 Å². The Morgan fingerprint density at radius 2 is 1.65 bits per heavy atom. The van der Waals surface area contributed by atoms with E-state index in [0.717, 1.165) is 22.7 Å². The van der Waals surface area contributed by atoms with Crippen molar-refractivity contribution in [1.29, 1.82) is 0 Å². The molecule has 5 rings (SSSR count). The van der Waals surface area contributed by atoms with Gasteiger partial charge in [-0.25, -0.2) is 4.79 Å². The molecule has 0 aromatic rings. The molecule has 26 heavy (non-hydrogen) atoms. The smallest absolute Gasteiger partial charge is 0.325 e.